The van der Waals surface area contributed by atoms with E-state index in [0.717, 1.165) is 6.42 Å². The first-order valence-corrected chi connectivity index (χ1v) is 4.87. The van der Waals surface area contributed by atoms with E-state index < -0.39 is 0 Å². The number of carbonyl (C=O) groups excluding carboxylic acids is 2. The van der Waals surface area contributed by atoms with E-state index in [9.17, 15) is 9.59 Å². The summed E-state index contributed by atoms with van der Waals surface area (Å²) in [7, 11) is 0. The van der Waals surface area contributed by atoms with E-state index in [1.165, 1.54) is 22.6 Å². The predicted molar refractivity (Wildman–Crippen MR) is 57.5 cm³/mol. The second-order valence-electron chi connectivity index (χ2n) is 3.37. The normalized spacial score (nSPS) is 15.1. The van der Waals surface area contributed by atoms with Crippen LogP contribution in [0.15, 0.2) is 36.4 Å². The van der Waals surface area contributed by atoms with Crippen LogP contribution in [-0.2, 0) is 16.0 Å². The topological polar surface area (TPSA) is 37.4 Å². The van der Waals surface area contributed by atoms with Gasteiger partial charge in [0.05, 0.1) is 5.69 Å². The molecule has 0 bridgehead atoms. The molecular formula is C12H11NO2. The van der Waals surface area contributed by atoms with Crippen LogP contribution in [-0.4, -0.2) is 11.8 Å². The third-order valence-corrected chi connectivity index (χ3v) is 2.41. The van der Waals surface area contributed by atoms with Gasteiger partial charge in [0.15, 0.2) is 0 Å². The predicted octanol–water partition coefficient (Wildman–Crippen LogP) is 1.68. The molecule has 0 aliphatic carbocycles. The molecule has 1 aromatic rings. The Morgan fingerprint density at radius 3 is 2.00 bits per heavy atom. The van der Waals surface area contributed by atoms with E-state index in [1.54, 1.807) is 12.1 Å². The van der Waals surface area contributed by atoms with Gasteiger partial charge in [-0.1, -0.05) is 19.1 Å². The Hall–Kier alpha value is -1.90. The van der Waals surface area contributed by atoms with E-state index in [2.05, 4.69) is 6.92 Å². The molecule has 0 N–H and O–H groups in total. The molecule has 3 nitrogen and oxygen atoms in total. The molecule has 1 aromatic carbocycles. The van der Waals surface area contributed by atoms with Crippen LogP contribution in [0.25, 0.3) is 0 Å². The zero-order valence-electron chi connectivity index (χ0n) is 8.43. The van der Waals surface area contributed by atoms with Crippen LogP contribution in [0.4, 0.5) is 5.69 Å². The minimum absolute atomic E-state index is 0.274. The zero-order valence-corrected chi connectivity index (χ0v) is 8.43. The highest BCUT2D eigenvalue weighted by Gasteiger charge is 2.24. The molecule has 0 saturated carbocycles. The number of imide groups is 1. The number of anilines is 1. The zero-order chi connectivity index (χ0) is 10.8. The van der Waals surface area contributed by atoms with E-state index in [1.807, 2.05) is 12.1 Å². The van der Waals surface area contributed by atoms with Crippen LogP contribution in [0, 0.1) is 0 Å². The molecule has 15 heavy (non-hydrogen) atoms. The number of hydrogen-bond acceptors (Lipinski definition) is 2. The molecule has 0 saturated heterocycles. The van der Waals surface area contributed by atoms with Gasteiger partial charge in [0.2, 0.25) is 0 Å². The highest BCUT2D eigenvalue weighted by molar-refractivity contribution is 6.28. The summed E-state index contributed by atoms with van der Waals surface area (Å²) in [6.45, 7) is 2.06. The number of aryl methyl sites for hydroxylation is 1. The van der Waals surface area contributed by atoms with Gasteiger partial charge in [-0.2, -0.15) is 0 Å². The van der Waals surface area contributed by atoms with Gasteiger partial charge in [-0.05, 0) is 24.1 Å². The maximum absolute atomic E-state index is 11.4. The molecular weight excluding hydrogens is 190 g/mol. The molecule has 1 heterocycles. The number of benzene rings is 1. The maximum Gasteiger partial charge on any atom is 0.258 e. The van der Waals surface area contributed by atoms with Crippen LogP contribution >= 0.6 is 0 Å². The summed E-state index contributed by atoms with van der Waals surface area (Å²) in [6.07, 6.45) is 3.52. The second kappa shape index (κ2) is 3.69. The third-order valence-electron chi connectivity index (χ3n) is 2.41. The minimum atomic E-state index is -0.274. The van der Waals surface area contributed by atoms with Gasteiger partial charge in [0.1, 0.15) is 0 Å². The van der Waals surface area contributed by atoms with E-state index in [4.69, 9.17) is 0 Å². The average molecular weight is 201 g/mol. The first kappa shape index (κ1) is 9.65. The Morgan fingerprint density at radius 1 is 1.00 bits per heavy atom. The van der Waals surface area contributed by atoms with Gasteiger partial charge < -0.3 is 0 Å². The lowest BCUT2D eigenvalue weighted by Gasteiger charge is -2.13. The number of rotatable bonds is 2. The van der Waals surface area contributed by atoms with Gasteiger partial charge in [-0.25, -0.2) is 4.90 Å². The highest BCUT2D eigenvalue weighted by Crippen LogP contribution is 2.19. The third kappa shape index (κ3) is 1.68. The number of carbonyl (C=O) groups is 2. The summed E-state index contributed by atoms with van der Waals surface area (Å²) >= 11 is 0. The Bertz CT molecular complexity index is 413. The average Bonchev–Trinajstić information content (AvgIpc) is 2.59. The van der Waals surface area contributed by atoms with Crippen LogP contribution in [0.2, 0.25) is 0 Å². The Morgan fingerprint density at radius 2 is 1.53 bits per heavy atom. The molecule has 3 heteroatoms. The van der Waals surface area contributed by atoms with Crippen molar-refractivity contribution in [1.82, 2.24) is 0 Å². The van der Waals surface area contributed by atoms with E-state index in [0.29, 0.717) is 5.69 Å². The summed E-state index contributed by atoms with van der Waals surface area (Å²) in [6, 6.07) is 7.44. The van der Waals surface area contributed by atoms with Gasteiger partial charge >= 0.3 is 0 Å². The minimum Gasteiger partial charge on any atom is -0.269 e. The van der Waals surface area contributed by atoms with Crippen molar-refractivity contribution < 1.29 is 9.59 Å². The quantitative estimate of drug-likeness (QED) is 0.683. The van der Waals surface area contributed by atoms with Crippen LogP contribution in [0.1, 0.15) is 12.5 Å². The fourth-order valence-electron chi connectivity index (χ4n) is 1.54. The highest BCUT2D eigenvalue weighted by atomic mass is 16.2. The van der Waals surface area contributed by atoms with Crippen LogP contribution < -0.4 is 4.90 Å². The lowest BCUT2D eigenvalue weighted by molar-refractivity contribution is -0.119. The van der Waals surface area contributed by atoms with Crippen molar-refractivity contribution in [2.24, 2.45) is 0 Å². The summed E-state index contributed by atoms with van der Waals surface area (Å²) in [4.78, 5) is 23.9. The van der Waals surface area contributed by atoms with Gasteiger partial charge in [-0.3, -0.25) is 9.59 Å². The monoisotopic (exact) mass is 201 g/mol. The SMILES string of the molecule is CCc1ccc(N2C(=O)C=CC2=O)cc1. The van der Waals surface area contributed by atoms with E-state index in [-0.39, 0.29) is 11.8 Å². The number of nitrogens with zero attached hydrogens (tertiary/aromatic N) is 1. The number of hydrogen-bond donors (Lipinski definition) is 0. The molecule has 0 unspecified atom stereocenters. The van der Waals surface area contributed by atoms with Gasteiger partial charge in [-0.15, -0.1) is 0 Å². The lowest BCUT2D eigenvalue weighted by Crippen LogP contribution is -2.29. The largest absolute Gasteiger partial charge is 0.269 e. The fourth-order valence-corrected chi connectivity index (χ4v) is 1.54. The van der Waals surface area contributed by atoms with Gasteiger partial charge in [0, 0.05) is 12.2 Å². The summed E-state index contributed by atoms with van der Waals surface area (Å²) in [5.74, 6) is -0.548. The summed E-state index contributed by atoms with van der Waals surface area (Å²) in [5.41, 5.74) is 1.82. The molecule has 0 aromatic heterocycles. The van der Waals surface area contributed by atoms with Crippen molar-refractivity contribution >= 4 is 17.5 Å². The van der Waals surface area contributed by atoms with Crippen molar-refractivity contribution in [3.8, 4) is 0 Å². The van der Waals surface area contributed by atoms with Crippen molar-refractivity contribution in [3.05, 3.63) is 42.0 Å². The lowest BCUT2D eigenvalue weighted by atomic mass is 10.1. The van der Waals surface area contributed by atoms with Crippen molar-refractivity contribution in [3.63, 3.8) is 0 Å². The van der Waals surface area contributed by atoms with Crippen LogP contribution in [0.5, 0.6) is 0 Å². The second-order valence-corrected chi connectivity index (χ2v) is 3.37. The smallest absolute Gasteiger partial charge is 0.258 e. The first-order chi connectivity index (χ1) is 7.22. The Balaban J connectivity index is 2.30. The molecule has 1 aliphatic heterocycles. The molecule has 0 radical (unpaired) electrons. The Labute approximate surface area is 88.0 Å². The number of amides is 2. The molecule has 1 aliphatic rings. The van der Waals surface area contributed by atoms with E-state index >= 15 is 0 Å². The van der Waals surface area contributed by atoms with Crippen molar-refractivity contribution in [2.75, 3.05) is 4.90 Å². The van der Waals surface area contributed by atoms with Gasteiger partial charge in [0.25, 0.3) is 11.8 Å². The molecule has 0 atom stereocenters. The first-order valence-electron chi connectivity index (χ1n) is 4.87. The maximum atomic E-state index is 11.4. The van der Waals surface area contributed by atoms with Crippen LogP contribution in [0.3, 0.4) is 0 Å². The van der Waals surface area contributed by atoms with Crippen molar-refractivity contribution in [2.45, 2.75) is 13.3 Å². The summed E-state index contributed by atoms with van der Waals surface area (Å²) in [5, 5.41) is 0. The summed E-state index contributed by atoms with van der Waals surface area (Å²) < 4.78 is 0. The Kier molecular flexibility index (Phi) is 2.37. The molecule has 2 amide bonds. The fraction of sp³-hybridized carbons (Fsp3) is 0.167. The molecule has 0 spiro atoms. The molecule has 0 fully saturated rings. The van der Waals surface area contributed by atoms with Crippen molar-refractivity contribution in [1.29, 1.82) is 0 Å². The standard InChI is InChI=1S/C12H11NO2/c1-2-9-3-5-10(6-4-9)13-11(14)7-8-12(13)15/h3-8H,2H2,1H3. The molecule has 76 valence electrons. The molecule has 2 rings (SSSR count).